The SMILES string of the molecule is CCC12OC1C1OC13C1(C)CCC4=C(COC4=O)C1CC1OC13C2OC(=O)CC(=O)CCCCC1CCSS1. The lowest BCUT2D eigenvalue weighted by Crippen LogP contribution is -2.69. The van der Waals surface area contributed by atoms with E-state index in [0.29, 0.717) is 31.1 Å². The molecule has 3 aliphatic carbocycles. The van der Waals surface area contributed by atoms with Crippen molar-refractivity contribution in [3.63, 3.8) is 0 Å². The molecular weight excluding hydrogens is 540 g/mol. The van der Waals surface area contributed by atoms with Gasteiger partial charge in [-0.3, -0.25) is 9.59 Å². The van der Waals surface area contributed by atoms with Gasteiger partial charge >= 0.3 is 11.9 Å². The van der Waals surface area contributed by atoms with Crippen molar-refractivity contribution >= 4 is 39.3 Å². The van der Waals surface area contributed by atoms with Crippen LogP contribution in [-0.4, -0.2) is 76.6 Å². The Labute approximate surface area is 236 Å². The number of unbranched alkanes of at least 4 members (excludes halogenated alkanes) is 1. The second-order valence-corrected chi connectivity index (χ2v) is 15.8. The fourth-order valence-corrected chi connectivity index (χ4v) is 12.3. The van der Waals surface area contributed by atoms with Gasteiger partial charge in [-0.25, -0.2) is 4.79 Å². The Kier molecular flexibility index (Phi) is 5.58. The third-order valence-corrected chi connectivity index (χ3v) is 14.4. The van der Waals surface area contributed by atoms with Crippen molar-refractivity contribution in [2.75, 3.05) is 12.4 Å². The summed E-state index contributed by atoms with van der Waals surface area (Å²) in [5.41, 5.74) is -0.339. The second kappa shape index (κ2) is 8.49. The van der Waals surface area contributed by atoms with Gasteiger partial charge in [0.25, 0.3) is 0 Å². The normalized spacial score (nSPS) is 49.5. The van der Waals surface area contributed by atoms with Crippen molar-refractivity contribution in [2.45, 2.75) is 125 Å². The molecule has 5 aliphatic heterocycles. The first-order chi connectivity index (χ1) is 18.8. The molecule has 8 aliphatic rings. The van der Waals surface area contributed by atoms with Crippen LogP contribution in [0.2, 0.25) is 0 Å². The summed E-state index contributed by atoms with van der Waals surface area (Å²) in [6, 6.07) is 0. The Morgan fingerprint density at radius 3 is 2.82 bits per heavy atom. The van der Waals surface area contributed by atoms with E-state index in [4.69, 9.17) is 23.7 Å². The summed E-state index contributed by atoms with van der Waals surface area (Å²) < 4.78 is 31.3. The molecule has 0 amide bonds. The molecule has 39 heavy (non-hydrogen) atoms. The third-order valence-electron chi connectivity index (χ3n) is 11.4. The fourth-order valence-electron chi connectivity index (χ4n) is 9.30. The molecule has 5 heterocycles. The molecule has 0 radical (unpaired) electrons. The second-order valence-electron chi connectivity index (χ2n) is 13.0. The van der Waals surface area contributed by atoms with Crippen LogP contribution in [0.5, 0.6) is 0 Å². The molecule has 10 heteroatoms. The number of ether oxygens (including phenoxy) is 5. The molecule has 10 atom stereocenters. The van der Waals surface area contributed by atoms with Gasteiger partial charge in [-0.2, -0.15) is 0 Å². The molecule has 212 valence electrons. The molecule has 2 saturated carbocycles. The number of cyclic esters (lactones) is 1. The Balaban J connectivity index is 0.997. The highest BCUT2D eigenvalue weighted by molar-refractivity contribution is 8.77. The lowest BCUT2D eigenvalue weighted by Gasteiger charge is -2.53. The fraction of sp³-hybridized carbons (Fsp3) is 0.828. The van der Waals surface area contributed by atoms with Crippen LogP contribution in [0.25, 0.3) is 0 Å². The number of carbonyl (C=O) groups is 3. The maximum absolute atomic E-state index is 13.2. The smallest absolute Gasteiger partial charge is 0.334 e. The quantitative estimate of drug-likeness (QED) is 0.131. The van der Waals surface area contributed by atoms with Crippen molar-refractivity contribution in [3.05, 3.63) is 11.1 Å². The lowest BCUT2D eigenvalue weighted by molar-refractivity contribution is -0.167. The first-order valence-corrected chi connectivity index (χ1v) is 17.1. The summed E-state index contributed by atoms with van der Waals surface area (Å²) in [4.78, 5) is 38.3. The first-order valence-electron chi connectivity index (χ1n) is 14.7. The van der Waals surface area contributed by atoms with Crippen molar-refractivity contribution in [1.82, 2.24) is 0 Å². The molecule has 2 spiro atoms. The Morgan fingerprint density at radius 2 is 2.03 bits per heavy atom. The van der Waals surface area contributed by atoms with Crippen molar-refractivity contribution in [2.24, 2.45) is 11.3 Å². The number of Topliss-reactive ketones (excluding diaryl/α,β-unsaturated/α-hetero) is 1. The van der Waals surface area contributed by atoms with Crippen LogP contribution in [0.1, 0.15) is 78.1 Å². The van der Waals surface area contributed by atoms with E-state index in [9.17, 15) is 14.4 Å². The largest absolute Gasteiger partial charge is 0.458 e. The van der Waals surface area contributed by atoms with Gasteiger partial charge in [-0.1, -0.05) is 41.9 Å². The molecule has 8 nitrogen and oxygen atoms in total. The topological polar surface area (TPSA) is 107 Å². The molecule has 8 rings (SSSR count). The molecule has 10 unspecified atom stereocenters. The van der Waals surface area contributed by atoms with E-state index in [1.807, 2.05) is 21.6 Å². The van der Waals surface area contributed by atoms with E-state index < -0.39 is 28.9 Å². The van der Waals surface area contributed by atoms with Crippen LogP contribution in [-0.2, 0) is 38.1 Å². The number of epoxide rings is 3. The maximum Gasteiger partial charge on any atom is 0.334 e. The average Bonchev–Trinajstić information content (AvgIpc) is 3.85. The molecule has 0 aromatic heterocycles. The molecule has 0 aromatic carbocycles. The predicted molar refractivity (Wildman–Crippen MR) is 143 cm³/mol. The van der Waals surface area contributed by atoms with E-state index in [1.54, 1.807) is 0 Å². The van der Waals surface area contributed by atoms with E-state index in [-0.39, 0.29) is 47.8 Å². The zero-order valence-corrected chi connectivity index (χ0v) is 24.2. The number of rotatable bonds is 9. The summed E-state index contributed by atoms with van der Waals surface area (Å²) in [5, 5.41) is 0.704. The zero-order chi connectivity index (χ0) is 26.8. The minimum Gasteiger partial charge on any atom is -0.458 e. The highest BCUT2D eigenvalue weighted by Gasteiger charge is 3.00. The van der Waals surface area contributed by atoms with Gasteiger partial charge in [0.05, 0.1) is 6.10 Å². The summed E-state index contributed by atoms with van der Waals surface area (Å²) in [6.45, 7) is 4.67. The number of carbonyl (C=O) groups excluding carboxylic acids is 3. The van der Waals surface area contributed by atoms with Gasteiger partial charge in [-0.15, -0.1) is 0 Å². The predicted octanol–water partition coefficient (Wildman–Crippen LogP) is 4.08. The highest BCUT2D eigenvalue weighted by Crippen LogP contribution is 2.83. The van der Waals surface area contributed by atoms with Gasteiger partial charge in [0.1, 0.15) is 42.2 Å². The number of hydrogen-bond acceptors (Lipinski definition) is 10. The summed E-state index contributed by atoms with van der Waals surface area (Å²) in [5.74, 6) is 0.626. The van der Waals surface area contributed by atoms with Gasteiger partial charge in [-0.05, 0) is 56.4 Å². The molecule has 0 N–H and O–H groups in total. The average molecular weight is 577 g/mol. The van der Waals surface area contributed by atoms with E-state index in [2.05, 4.69) is 13.8 Å². The van der Waals surface area contributed by atoms with Crippen LogP contribution in [0.4, 0.5) is 0 Å². The van der Waals surface area contributed by atoms with E-state index >= 15 is 0 Å². The van der Waals surface area contributed by atoms with Gasteiger partial charge in [0.2, 0.25) is 0 Å². The zero-order valence-electron chi connectivity index (χ0n) is 22.5. The summed E-state index contributed by atoms with van der Waals surface area (Å²) in [6.07, 6.45) is 6.34. The van der Waals surface area contributed by atoms with Crippen molar-refractivity contribution in [1.29, 1.82) is 0 Å². The van der Waals surface area contributed by atoms with Crippen molar-refractivity contribution in [3.8, 4) is 0 Å². The Morgan fingerprint density at radius 1 is 1.15 bits per heavy atom. The number of ketones is 1. The Hall–Kier alpha value is -1.07. The van der Waals surface area contributed by atoms with Crippen LogP contribution >= 0.6 is 21.6 Å². The van der Waals surface area contributed by atoms with Gasteiger partial charge in [0.15, 0.2) is 11.7 Å². The van der Waals surface area contributed by atoms with Crippen LogP contribution in [0, 0.1) is 11.3 Å². The lowest BCUT2D eigenvalue weighted by atomic mass is 9.47. The molecule has 0 bridgehead atoms. The minimum atomic E-state index is -0.761. The maximum atomic E-state index is 13.2. The van der Waals surface area contributed by atoms with E-state index in [0.717, 1.165) is 43.3 Å². The van der Waals surface area contributed by atoms with Crippen molar-refractivity contribution < 1.29 is 38.1 Å². The Bertz CT molecular complexity index is 1180. The first kappa shape index (κ1) is 25.6. The number of esters is 2. The van der Waals surface area contributed by atoms with Crippen LogP contribution in [0.15, 0.2) is 11.1 Å². The highest BCUT2D eigenvalue weighted by atomic mass is 33.1. The van der Waals surface area contributed by atoms with Crippen LogP contribution < -0.4 is 0 Å². The number of hydrogen-bond donors (Lipinski definition) is 0. The number of fused-ring (bicyclic) bond motifs is 4. The summed E-state index contributed by atoms with van der Waals surface area (Å²) in [7, 11) is 3.90. The molecular formula is C29H36O8S2. The van der Waals surface area contributed by atoms with E-state index in [1.165, 1.54) is 12.2 Å². The molecule has 4 saturated heterocycles. The minimum absolute atomic E-state index is 0.0579. The van der Waals surface area contributed by atoms with Gasteiger partial charge in [0, 0.05) is 28.4 Å². The standard InChI is InChI=1S/C29H36O8S2/c1-3-27-22(36-27)23-29(37-23)26(2)10-8-17-18(14-33-24(17)32)19(26)13-20-28(29,35-20)25(27)34-21(31)12-15(30)6-4-5-7-16-9-11-38-39-16/h16,19-20,22-23,25H,3-14H2,1-2H3. The van der Waals surface area contributed by atoms with Gasteiger partial charge < -0.3 is 23.7 Å². The summed E-state index contributed by atoms with van der Waals surface area (Å²) >= 11 is 0. The van der Waals surface area contributed by atoms with Crippen LogP contribution in [0.3, 0.4) is 0 Å². The monoisotopic (exact) mass is 576 g/mol. The third kappa shape index (κ3) is 3.24. The molecule has 6 fully saturated rings. The molecule has 0 aromatic rings.